The molecule has 28 heavy (non-hydrogen) atoms. The van der Waals surface area contributed by atoms with E-state index in [2.05, 4.69) is 107 Å². The minimum atomic E-state index is -0.162. The second-order valence-electron chi connectivity index (χ2n) is 7.55. The summed E-state index contributed by atoms with van der Waals surface area (Å²) in [7, 11) is 0. The minimum Gasteiger partial charge on any atom is -1.00 e. The molecule has 0 aliphatic rings. The molecule has 0 atom stereocenters. The summed E-state index contributed by atoms with van der Waals surface area (Å²) in [6, 6.07) is 28.8. The summed E-state index contributed by atoms with van der Waals surface area (Å²) in [6.45, 7) is 9.33. The van der Waals surface area contributed by atoms with Gasteiger partial charge in [-0.25, -0.2) is 12.1 Å². The standard InChI is InChI=1S/C24H27.3ClH.Ti/c1-5-19-13-12-18-22(19)24(23(2,3)4,20-14-8-6-9-15-20)21-16-10-7-11-17-21;;;;/h6-18H,5H2,1-4H3;3*1H;/q-1;;;;+4/p-3. The van der Waals surface area contributed by atoms with Crippen molar-refractivity contribution in [1.82, 2.24) is 0 Å². The SMILES string of the molecule is CCc1ccc[c-]1C(c1ccccc1)(c1ccccc1)C(C)(C)C.[Cl-].[Cl-].[Cl-].[Ti+4]. The van der Waals surface area contributed by atoms with Crippen molar-refractivity contribution in [2.24, 2.45) is 5.41 Å². The third-order valence-electron chi connectivity index (χ3n) is 5.23. The van der Waals surface area contributed by atoms with Gasteiger partial charge in [-0.3, -0.25) is 0 Å². The van der Waals surface area contributed by atoms with Crippen molar-refractivity contribution in [2.45, 2.75) is 39.5 Å². The summed E-state index contributed by atoms with van der Waals surface area (Å²) in [5, 5.41) is 0. The molecule has 148 valence electrons. The summed E-state index contributed by atoms with van der Waals surface area (Å²) in [5.74, 6) is 0. The Morgan fingerprint density at radius 3 is 1.46 bits per heavy atom. The number of benzene rings is 2. The Morgan fingerprint density at radius 1 is 0.679 bits per heavy atom. The van der Waals surface area contributed by atoms with Gasteiger partial charge in [-0.15, -0.1) is 5.56 Å². The van der Waals surface area contributed by atoms with Gasteiger partial charge >= 0.3 is 21.7 Å². The zero-order valence-corrected chi connectivity index (χ0v) is 20.7. The molecular weight excluding hydrogens is 442 g/mol. The van der Waals surface area contributed by atoms with Crippen LogP contribution in [-0.4, -0.2) is 0 Å². The van der Waals surface area contributed by atoms with Crippen molar-refractivity contribution in [1.29, 1.82) is 0 Å². The fourth-order valence-corrected chi connectivity index (χ4v) is 4.26. The van der Waals surface area contributed by atoms with Crippen LogP contribution in [0.15, 0.2) is 78.9 Å². The van der Waals surface area contributed by atoms with E-state index in [0.29, 0.717) is 0 Å². The predicted molar refractivity (Wildman–Crippen MR) is 104 cm³/mol. The van der Waals surface area contributed by atoms with Crippen LogP contribution in [0.25, 0.3) is 0 Å². The van der Waals surface area contributed by atoms with Gasteiger partial charge in [-0.05, 0) is 16.5 Å². The Bertz CT molecular complexity index is 750. The molecule has 0 saturated heterocycles. The second kappa shape index (κ2) is 12.2. The Morgan fingerprint density at radius 2 is 1.11 bits per heavy atom. The first-order chi connectivity index (χ1) is 11.5. The molecule has 0 amide bonds. The zero-order chi connectivity index (χ0) is 17.2. The van der Waals surface area contributed by atoms with Crippen LogP contribution in [0.1, 0.15) is 49.9 Å². The Hall–Kier alpha value is -0.626. The van der Waals surface area contributed by atoms with Crippen LogP contribution in [0.4, 0.5) is 0 Å². The summed E-state index contributed by atoms with van der Waals surface area (Å²) in [4.78, 5) is 0. The molecule has 0 aliphatic carbocycles. The fourth-order valence-electron chi connectivity index (χ4n) is 4.26. The minimum absolute atomic E-state index is 0. The summed E-state index contributed by atoms with van der Waals surface area (Å²) in [6.07, 6.45) is 1.06. The normalized spacial score (nSPS) is 10.6. The largest absolute Gasteiger partial charge is 4.00 e. The maximum Gasteiger partial charge on any atom is 4.00 e. The van der Waals surface area contributed by atoms with E-state index in [0.717, 1.165) is 6.42 Å². The third-order valence-corrected chi connectivity index (χ3v) is 5.23. The number of rotatable bonds is 4. The van der Waals surface area contributed by atoms with Crippen LogP contribution in [0.5, 0.6) is 0 Å². The van der Waals surface area contributed by atoms with Gasteiger partial charge in [0.05, 0.1) is 0 Å². The topological polar surface area (TPSA) is 0 Å². The van der Waals surface area contributed by atoms with E-state index in [1.807, 2.05) is 0 Å². The summed E-state index contributed by atoms with van der Waals surface area (Å²) in [5.41, 5.74) is 5.49. The van der Waals surface area contributed by atoms with E-state index in [4.69, 9.17) is 0 Å². The van der Waals surface area contributed by atoms with Crippen LogP contribution in [-0.2, 0) is 33.6 Å². The predicted octanol–water partition coefficient (Wildman–Crippen LogP) is -2.64. The molecule has 0 aliphatic heterocycles. The number of aryl methyl sites for hydroxylation is 1. The Kier molecular flexibility index (Phi) is 12.8. The molecule has 0 nitrogen and oxygen atoms in total. The molecule has 0 fully saturated rings. The van der Waals surface area contributed by atoms with Crippen LogP contribution >= 0.6 is 0 Å². The third kappa shape index (κ3) is 5.10. The van der Waals surface area contributed by atoms with Gasteiger partial charge < -0.3 is 37.2 Å². The molecule has 0 N–H and O–H groups in total. The van der Waals surface area contributed by atoms with E-state index in [1.165, 1.54) is 22.3 Å². The van der Waals surface area contributed by atoms with Crippen molar-refractivity contribution in [3.05, 3.63) is 101 Å². The van der Waals surface area contributed by atoms with Gasteiger partial charge in [0.15, 0.2) is 0 Å². The van der Waals surface area contributed by atoms with Crippen molar-refractivity contribution in [3.63, 3.8) is 0 Å². The summed E-state index contributed by atoms with van der Waals surface area (Å²) < 4.78 is 0. The first-order valence-electron chi connectivity index (χ1n) is 8.88. The monoisotopic (exact) mass is 468 g/mol. The van der Waals surface area contributed by atoms with Crippen LogP contribution in [0, 0.1) is 5.41 Å². The molecular formula is C24H27Cl3Ti. The fraction of sp³-hybridized carbons (Fsp3) is 0.292. The van der Waals surface area contributed by atoms with E-state index in [-0.39, 0.29) is 69.8 Å². The molecule has 0 bridgehead atoms. The summed E-state index contributed by atoms with van der Waals surface area (Å²) >= 11 is 0. The molecule has 3 aromatic rings. The van der Waals surface area contributed by atoms with Gasteiger partial charge in [-0.1, -0.05) is 94.8 Å². The second-order valence-corrected chi connectivity index (χ2v) is 7.55. The molecule has 3 rings (SSSR count). The Balaban J connectivity index is 0. The molecule has 3 aromatic carbocycles. The van der Waals surface area contributed by atoms with Crippen LogP contribution in [0.2, 0.25) is 0 Å². The van der Waals surface area contributed by atoms with Crippen LogP contribution < -0.4 is 37.2 Å². The molecule has 0 heterocycles. The van der Waals surface area contributed by atoms with Gasteiger partial charge in [0.2, 0.25) is 0 Å². The average Bonchev–Trinajstić information content (AvgIpc) is 3.05. The van der Waals surface area contributed by atoms with Gasteiger partial charge in [0, 0.05) is 5.41 Å². The van der Waals surface area contributed by atoms with Crippen molar-refractivity contribution >= 4 is 0 Å². The first kappa shape index (κ1) is 29.6. The molecule has 0 unspecified atom stereocenters. The van der Waals surface area contributed by atoms with E-state index in [1.54, 1.807) is 0 Å². The van der Waals surface area contributed by atoms with E-state index >= 15 is 0 Å². The maximum absolute atomic E-state index is 2.36. The van der Waals surface area contributed by atoms with Crippen molar-refractivity contribution < 1.29 is 58.9 Å². The van der Waals surface area contributed by atoms with E-state index < -0.39 is 0 Å². The zero-order valence-electron chi connectivity index (χ0n) is 16.8. The molecule has 0 radical (unpaired) electrons. The van der Waals surface area contributed by atoms with Gasteiger partial charge in [0.25, 0.3) is 0 Å². The number of halogens is 3. The van der Waals surface area contributed by atoms with Crippen molar-refractivity contribution in [2.75, 3.05) is 0 Å². The smallest absolute Gasteiger partial charge is 1.00 e. The van der Waals surface area contributed by atoms with E-state index in [9.17, 15) is 0 Å². The number of hydrogen-bond acceptors (Lipinski definition) is 0. The van der Waals surface area contributed by atoms with Gasteiger partial charge in [0.1, 0.15) is 0 Å². The molecule has 4 heteroatoms. The number of hydrogen-bond donors (Lipinski definition) is 0. The quantitative estimate of drug-likeness (QED) is 0.290. The van der Waals surface area contributed by atoms with Crippen LogP contribution in [0.3, 0.4) is 0 Å². The Labute approximate surface area is 204 Å². The van der Waals surface area contributed by atoms with Crippen molar-refractivity contribution in [3.8, 4) is 0 Å². The maximum atomic E-state index is 2.36. The molecule has 0 spiro atoms. The molecule has 0 aromatic heterocycles. The first-order valence-corrected chi connectivity index (χ1v) is 8.88. The molecule has 0 saturated carbocycles. The average molecular weight is 470 g/mol. The van der Waals surface area contributed by atoms with Gasteiger partial charge in [-0.2, -0.15) is 11.6 Å².